The van der Waals surface area contributed by atoms with Crippen molar-refractivity contribution in [1.82, 2.24) is 0 Å². The number of carboxylic acid groups (broad SMARTS) is 1. The molecule has 3 nitrogen and oxygen atoms in total. The van der Waals surface area contributed by atoms with Crippen LogP contribution in [0.4, 0.5) is 0 Å². The summed E-state index contributed by atoms with van der Waals surface area (Å²) in [6, 6.07) is 0. The van der Waals surface area contributed by atoms with Gasteiger partial charge in [0.2, 0.25) is 0 Å². The Morgan fingerprint density at radius 2 is 2.38 bits per heavy atom. The van der Waals surface area contributed by atoms with Crippen LogP contribution in [0.15, 0.2) is 0 Å². The highest BCUT2D eigenvalue weighted by Crippen LogP contribution is 2.24. The molecular formula is C10H18O3. The molecule has 1 rings (SSSR count). The first-order valence-corrected chi connectivity index (χ1v) is 5.07. The second-order valence-corrected chi connectivity index (χ2v) is 3.67. The van der Waals surface area contributed by atoms with Crippen LogP contribution in [0.5, 0.6) is 0 Å². The van der Waals surface area contributed by atoms with Gasteiger partial charge in [0.15, 0.2) is 0 Å². The molecule has 0 aromatic rings. The standard InChI is InChI=1S/C10H18O3/c1-2-8(7-10(11)12)9-5-3-4-6-13-9/h8-9H,2-7H2,1H3,(H,11,12). The summed E-state index contributed by atoms with van der Waals surface area (Å²) in [5.41, 5.74) is 0. The molecule has 0 spiro atoms. The highest BCUT2D eigenvalue weighted by Gasteiger charge is 2.24. The van der Waals surface area contributed by atoms with Crippen LogP contribution in [0.1, 0.15) is 39.0 Å². The van der Waals surface area contributed by atoms with Gasteiger partial charge in [-0.15, -0.1) is 0 Å². The monoisotopic (exact) mass is 186 g/mol. The summed E-state index contributed by atoms with van der Waals surface area (Å²) in [6.07, 6.45) is 4.68. The minimum absolute atomic E-state index is 0.190. The molecule has 0 aromatic carbocycles. The van der Waals surface area contributed by atoms with E-state index in [1.165, 1.54) is 6.42 Å². The van der Waals surface area contributed by atoms with Gasteiger partial charge in [0.25, 0.3) is 0 Å². The minimum Gasteiger partial charge on any atom is -0.481 e. The van der Waals surface area contributed by atoms with Gasteiger partial charge in [-0.2, -0.15) is 0 Å². The van der Waals surface area contributed by atoms with E-state index in [1.807, 2.05) is 6.92 Å². The van der Waals surface area contributed by atoms with Crippen LogP contribution < -0.4 is 0 Å². The van der Waals surface area contributed by atoms with Gasteiger partial charge in [0.1, 0.15) is 0 Å². The molecule has 0 amide bonds. The predicted molar refractivity (Wildman–Crippen MR) is 49.6 cm³/mol. The number of aliphatic carboxylic acids is 1. The van der Waals surface area contributed by atoms with Gasteiger partial charge in [-0.25, -0.2) is 0 Å². The summed E-state index contributed by atoms with van der Waals surface area (Å²) in [7, 11) is 0. The number of carbonyl (C=O) groups is 1. The summed E-state index contributed by atoms with van der Waals surface area (Å²) in [4.78, 5) is 10.6. The first kappa shape index (κ1) is 10.5. The van der Waals surface area contributed by atoms with Crippen molar-refractivity contribution < 1.29 is 14.6 Å². The zero-order chi connectivity index (χ0) is 9.68. The van der Waals surface area contributed by atoms with E-state index in [4.69, 9.17) is 9.84 Å². The topological polar surface area (TPSA) is 46.5 Å². The van der Waals surface area contributed by atoms with Gasteiger partial charge in [0, 0.05) is 6.61 Å². The summed E-state index contributed by atoms with van der Waals surface area (Å²) < 4.78 is 5.57. The first-order chi connectivity index (χ1) is 6.24. The van der Waals surface area contributed by atoms with Crippen molar-refractivity contribution in [2.24, 2.45) is 5.92 Å². The van der Waals surface area contributed by atoms with E-state index in [2.05, 4.69) is 0 Å². The van der Waals surface area contributed by atoms with Gasteiger partial charge < -0.3 is 9.84 Å². The molecule has 76 valence electrons. The van der Waals surface area contributed by atoms with Crippen LogP contribution in [-0.4, -0.2) is 23.8 Å². The Kier molecular flexibility index (Phi) is 4.22. The van der Waals surface area contributed by atoms with Crippen molar-refractivity contribution >= 4 is 5.97 Å². The van der Waals surface area contributed by atoms with Gasteiger partial charge in [-0.1, -0.05) is 13.3 Å². The van der Waals surface area contributed by atoms with Crippen LogP contribution >= 0.6 is 0 Å². The first-order valence-electron chi connectivity index (χ1n) is 5.07. The third-order valence-electron chi connectivity index (χ3n) is 2.70. The van der Waals surface area contributed by atoms with Crippen LogP contribution in [0, 0.1) is 5.92 Å². The molecule has 1 aliphatic rings. The molecule has 1 N–H and O–H groups in total. The smallest absolute Gasteiger partial charge is 0.303 e. The Hall–Kier alpha value is -0.570. The number of rotatable bonds is 4. The molecule has 3 heteroatoms. The van der Waals surface area contributed by atoms with E-state index in [0.717, 1.165) is 25.9 Å². The molecule has 0 radical (unpaired) electrons. The van der Waals surface area contributed by atoms with E-state index < -0.39 is 5.97 Å². The molecule has 0 aromatic heterocycles. The SMILES string of the molecule is CCC(CC(=O)O)C1CCCCO1. The van der Waals surface area contributed by atoms with E-state index in [-0.39, 0.29) is 18.4 Å². The maximum absolute atomic E-state index is 10.6. The average molecular weight is 186 g/mol. The summed E-state index contributed by atoms with van der Waals surface area (Å²) in [5.74, 6) is -0.501. The van der Waals surface area contributed by atoms with Crippen LogP contribution in [0.25, 0.3) is 0 Å². The predicted octanol–water partition coefficient (Wildman–Crippen LogP) is 2.06. The number of ether oxygens (including phenoxy) is 1. The van der Waals surface area contributed by atoms with Crippen molar-refractivity contribution in [2.75, 3.05) is 6.61 Å². The fourth-order valence-electron chi connectivity index (χ4n) is 1.90. The summed E-state index contributed by atoms with van der Waals surface area (Å²) >= 11 is 0. The van der Waals surface area contributed by atoms with E-state index in [0.29, 0.717) is 0 Å². The molecule has 1 aliphatic heterocycles. The van der Waals surface area contributed by atoms with E-state index >= 15 is 0 Å². The fraction of sp³-hybridized carbons (Fsp3) is 0.900. The Morgan fingerprint density at radius 1 is 1.62 bits per heavy atom. The zero-order valence-electron chi connectivity index (χ0n) is 8.16. The van der Waals surface area contributed by atoms with Crippen molar-refractivity contribution in [3.63, 3.8) is 0 Å². The fourth-order valence-corrected chi connectivity index (χ4v) is 1.90. The Balaban J connectivity index is 2.39. The highest BCUT2D eigenvalue weighted by molar-refractivity contribution is 5.67. The molecule has 1 saturated heterocycles. The van der Waals surface area contributed by atoms with Crippen molar-refractivity contribution in [3.05, 3.63) is 0 Å². The second kappa shape index (κ2) is 5.22. The Labute approximate surface area is 79.1 Å². The van der Waals surface area contributed by atoms with Crippen LogP contribution in [0.2, 0.25) is 0 Å². The van der Waals surface area contributed by atoms with Gasteiger partial charge in [-0.3, -0.25) is 4.79 Å². The number of carboxylic acids is 1. The second-order valence-electron chi connectivity index (χ2n) is 3.67. The van der Waals surface area contributed by atoms with Crippen LogP contribution in [-0.2, 0) is 9.53 Å². The maximum Gasteiger partial charge on any atom is 0.303 e. The van der Waals surface area contributed by atoms with E-state index in [1.54, 1.807) is 0 Å². The lowest BCUT2D eigenvalue weighted by Gasteiger charge is -2.28. The molecule has 0 aliphatic carbocycles. The minimum atomic E-state index is -0.707. The molecule has 2 unspecified atom stereocenters. The molecule has 1 heterocycles. The lowest BCUT2D eigenvalue weighted by molar-refractivity contribution is -0.140. The van der Waals surface area contributed by atoms with Crippen molar-refractivity contribution in [3.8, 4) is 0 Å². The van der Waals surface area contributed by atoms with Gasteiger partial charge in [-0.05, 0) is 25.2 Å². The molecule has 2 atom stereocenters. The Bertz CT molecular complexity index is 162. The Morgan fingerprint density at radius 3 is 2.85 bits per heavy atom. The number of hydrogen-bond acceptors (Lipinski definition) is 2. The van der Waals surface area contributed by atoms with Gasteiger partial charge in [0.05, 0.1) is 12.5 Å². The third kappa shape index (κ3) is 3.35. The third-order valence-corrected chi connectivity index (χ3v) is 2.70. The molecule has 1 fully saturated rings. The highest BCUT2D eigenvalue weighted by atomic mass is 16.5. The summed E-state index contributed by atoms with van der Waals surface area (Å²) in [5, 5.41) is 8.69. The lowest BCUT2D eigenvalue weighted by Crippen LogP contribution is -2.29. The van der Waals surface area contributed by atoms with E-state index in [9.17, 15) is 4.79 Å². The molecule has 13 heavy (non-hydrogen) atoms. The molecule has 0 saturated carbocycles. The quantitative estimate of drug-likeness (QED) is 0.731. The van der Waals surface area contributed by atoms with Crippen molar-refractivity contribution in [1.29, 1.82) is 0 Å². The average Bonchev–Trinajstić information content (AvgIpc) is 2.15. The largest absolute Gasteiger partial charge is 0.481 e. The summed E-state index contributed by atoms with van der Waals surface area (Å²) in [6.45, 7) is 2.84. The zero-order valence-corrected chi connectivity index (χ0v) is 8.16. The molecular weight excluding hydrogens is 168 g/mol. The van der Waals surface area contributed by atoms with Crippen molar-refractivity contribution in [2.45, 2.75) is 45.1 Å². The maximum atomic E-state index is 10.6. The molecule has 0 bridgehead atoms. The van der Waals surface area contributed by atoms with Gasteiger partial charge >= 0.3 is 5.97 Å². The normalized spacial score (nSPS) is 25.5. The van der Waals surface area contributed by atoms with Crippen LogP contribution in [0.3, 0.4) is 0 Å². The lowest BCUT2D eigenvalue weighted by atomic mass is 9.91. The number of hydrogen-bond donors (Lipinski definition) is 1.